The first-order chi connectivity index (χ1) is 17.4. The summed E-state index contributed by atoms with van der Waals surface area (Å²) in [6, 6.07) is 14.5. The number of hydrogen-bond donors (Lipinski definition) is 0. The van der Waals surface area contributed by atoms with Crippen LogP contribution in [0.3, 0.4) is 0 Å². The van der Waals surface area contributed by atoms with Crippen LogP contribution < -0.4 is 9.47 Å². The van der Waals surface area contributed by atoms with Crippen LogP contribution in [0.15, 0.2) is 59.6 Å². The molecule has 1 aromatic heterocycles. The summed E-state index contributed by atoms with van der Waals surface area (Å²) >= 11 is 0. The number of hydrogen-bond acceptors (Lipinski definition) is 7. The molecule has 0 amide bonds. The zero-order valence-electron chi connectivity index (χ0n) is 20.7. The number of sulfonamides is 1. The number of para-hydroxylation sites is 1. The van der Waals surface area contributed by atoms with Crippen molar-refractivity contribution in [2.75, 3.05) is 40.1 Å². The van der Waals surface area contributed by atoms with Gasteiger partial charge in [-0.3, -0.25) is 4.98 Å². The lowest BCUT2D eigenvalue weighted by molar-refractivity contribution is -0.120. The van der Waals surface area contributed by atoms with Crippen molar-refractivity contribution in [3.05, 3.63) is 60.3 Å². The van der Waals surface area contributed by atoms with E-state index in [9.17, 15) is 8.42 Å². The van der Waals surface area contributed by atoms with Gasteiger partial charge in [0.1, 0.15) is 4.90 Å². The zero-order chi connectivity index (χ0) is 25.2. The Morgan fingerprint density at radius 1 is 1.14 bits per heavy atom. The van der Waals surface area contributed by atoms with E-state index >= 15 is 0 Å². The molecule has 192 valence electrons. The van der Waals surface area contributed by atoms with Crippen LogP contribution in [0.25, 0.3) is 10.9 Å². The van der Waals surface area contributed by atoms with Crippen molar-refractivity contribution in [3.63, 3.8) is 0 Å². The molecule has 2 aromatic carbocycles. The van der Waals surface area contributed by atoms with Crippen LogP contribution in [0.5, 0.6) is 11.5 Å². The Kier molecular flexibility index (Phi) is 7.16. The smallest absolute Gasteiger partial charge is 0.245 e. The Labute approximate surface area is 212 Å². The van der Waals surface area contributed by atoms with Gasteiger partial charge in [0, 0.05) is 36.7 Å². The summed E-state index contributed by atoms with van der Waals surface area (Å²) < 4.78 is 52.3. The number of aromatic nitrogens is 1. The zero-order valence-corrected chi connectivity index (χ0v) is 21.5. The summed E-state index contributed by atoms with van der Waals surface area (Å²) in [6.45, 7) is 5.00. The van der Waals surface area contributed by atoms with Crippen LogP contribution in [-0.4, -0.2) is 63.9 Å². The summed E-state index contributed by atoms with van der Waals surface area (Å²) in [5.74, 6) is 1.19. The van der Waals surface area contributed by atoms with Crippen molar-refractivity contribution in [2.45, 2.75) is 37.3 Å². The third-order valence-electron chi connectivity index (χ3n) is 6.71. The predicted octanol–water partition coefficient (Wildman–Crippen LogP) is 4.03. The lowest BCUT2D eigenvalue weighted by Gasteiger charge is -2.37. The molecule has 0 spiro atoms. The van der Waals surface area contributed by atoms with Crippen molar-refractivity contribution in [2.24, 2.45) is 5.41 Å². The number of pyridine rings is 1. The van der Waals surface area contributed by atoms with Gasteiger partial charge in [0.15, 0.2) is 11.5 Å². The molecule has 2 saturated heterocycles. The molecule has 36 heavy (non-hydrogen) atoms. The third-order valence-corrected chi connectivity index (χ3v) is 8.55. The number of ether oxygens (including phenoxy) is 4. The van der Waals surface area contributed by atoms with Gasteiger partial charge >= 0.3 is 0 Å². The summed E-state index contributed by atoms with van der Waals surface area (Å²) in [4.78, 5) is 4.58. The minimum atomic E-state index is -3.87. The molecule has 9 heteroatoms. The third kappa shape index (κ3) is 5.20. The number of benzene rings is 2. The Hall–Kier alpha value is -2.72. The minimum absolute atomic E-state index is 0.0302. The van der Waals surface area contributed by atoms with Gasteiger partial charge in [0.25, 0.3) is 0 Å². The van der Waals surface area contributed by atoms with E-state index in [1.807, 2.05) is 30.3 Å². The Morgan fingerprint density at radius 2 is 1.97 bits per heavy atom. The first kappa shape index (κ1) is 25.0. The number of methoxy groups -OCH3 is 1. The number of fused-ring (bicyclic) bond motifs is 1. The second-order valence-corrected chi connectivity index (χ2v) is 11.7. The lowest BCUT2D eigenvalue weighted by Crippen LogP contribution is -2.44. The van der Waals surface area contributed by atoms with Gasteiger partial charge in [0.05, 0.1) is 38.6 Å². The van der Waals surface area contributed by atoms with Gasteiger partial charge in [-0.2, -0.15) is 4.31 Å². The van der Waals surface area contributed by atoms with Crippen molar-refractivity contribution in [3.8, 4) is 11.5 Å². The summed E-state index contributed by atoms with van der Waals surface area (Å²) in [5.41, 5.74) is 1.24. The molecule has 5 rings (SSSR count). The van der Waals surface area contributed by atoms with Crippen molar-refractivity contribution < 1.29 is 27.4 Å². The van der Waals surface area contributed by atoms with Gasteiger partial charge in [-0.25, -0.2) is 8.42 Å². The molecular formula is C27H32N2O6S. The number of rotatable bonds is 10. The fraction of sp³-hybridized carbons (Fsp3) is 0.444. The van der Waals surface area contributed by atoms with Gasteiger partial charge in [-0.15, -0.1) is 0 Å². The van der Waals surface area contributed by atoms with E-state index in [4.69, 9.17) is 18.9 Å². The second-order valence-electron chi connectivity index (χ2n) is 9.84. The molecule has 2 aliphatic heterocycles. The highest BCUT2D eigenvalue weighted by atomic mass is 32.2. The van der Waals surface area contributed by atoms with Crippen LogP contribution in [0, 0.1) is 5.41 Å². The van der Waals surface area contributed by atoms with Gasteiger partial charge in [-0.05, 0) is 42.7 Å². The average Bonchev–Trinajstić information content (AvgIpc) is 3.39. The van der Waals surface area contributed by atoms with Crippen molar-refractivity contribution >= 4 is 20.9 Å². The highest BCUT2D eigenvalue weighted by Gasteiger charge is 2.35. The van der Waals surface area contributed by atoms with Gasteiger partial charge in [0.2, 0.25) is 10.0 Å². The molecule has 3 aromatic rings. The standard InChI is InChI=1S/C27H32N2O6S/c1-27(17-33-18-27)19-35-24-14-20(10-11-23(24)32-2)15-29(16-22-8-5-13-34-22)36(30,31)25-9-3-6-21-7-4-12-28-26(21)25/h3-4,6-7,9-12,14,22H,5,8,13,15-19H2,1-2H3. The van der Waals surface area contributed by atoms with Crippen molar-refractivity contribution in [1.82, 2.24) is 9.29 Å². The number of nitrogens with zero attached hydrogens (tertiary/aromatic N) is 2. The molecule has 0 N–H and O–H groups in total. The monoisotopic (exact) mass is 512 g/mol. The molecule has 3 heterocycles. The molecule has 0 radical (unpaired) electrons. The molecule has 0 saturated carbocycles. The molecule has 1 unspecified atom stereocenters. The van der Waals surface area contributed by atoms with E-state index in [1.165, 1.54) is 4.31 Å². The molecule has 8 nitrogen and oxygen atoms in total. The maximum Gasteiger partial charge on any atom is 0.245 e. The van der Waals surface area contributed by atoms with Crippen molar-refractivity contribution in [1.29, 1.82) is 0 Å². The van der Waals surface area contributed by atoms with Gasteiger partial charge < -0.3 is 18.9 Å². The maximum atomic E-state index is 14.0. The average molecular weight is 513 g/mol. The highest BCUT2D eigenvalue weighted by molar-refractivity contribution is 7.89. The normalized spacial score (nSPS) is 19.4. The Bertz CT molecular complexity index is 1310. The fourth-order valence-corrected chi connectivity index (χ4v) is 6.23. The van der Waals surface area contributed by atoms with Crippen LogP contribution in [0.1, 0.15) is 25.3 Å². The molecule has 2 aliphatic rings. The van der Waals surface area contributed by atoms with E-state index in [1.54, 1.807) is 31.5 Å². The Balaban J connectivity index is 1.46. The largest absolute Gasteiger partial charge is 0.493 e. The Morgan fingerprint density at radius 3 is 2.69 bits per heavy atom. The van der Waals surface area contributed by atoms with Gasteiger partial charge in [-0.1, -0.05) is 31.2 Å². The fourth-order valence-electron chi connectivity index (χ4n) is 4.61. The minimum Gasteiger partial charge on any atom is -0.493 e. The quantitative estimate of drug-likeness (QED) is 0.405. The van der Waals surface area contributed by atoms with E-state index < -0.39 is 10.0 Å². The van der Waals surface area contributed by atoms with E-state index in [0.717, 1.165) is 23.8 Å². The van der Waals surface area contributed by atoms with Crippen LogP contribution in [-0.2, 0) is 26.0 Å². The van der Waals surface area contributed by atoms with Crippen LogP contribution >= 0.6 is 0 Å². The van der Waals surface area contributed by atoms with Crippen LogP contribution in [0.2, 0.25) is 0 Å². The van der Waals surface area contributed by atoms with E-state index in [2.05, 4.69) is 11.9 Å². The van der Waals surface area contributed by atoms with Crippen LogP contribution in [0.4, 0.5) is 0 Å². The summed E-state index contributed by atoms with van der Waals surface area (Å²) in [6.07, 6.45) is 3.23. The summed E-state index contributed by atoms with van der Waals surface area (Å²) in [7, 11) is -2.27. The first-order valence-electron chi connectivity index (χ1n) is 12.2. The predicted molar refractivity (Wildman–Crippen MR) is 136 cm³/mol. The maximum absolute atomic E-state index is 14.0. The van der Waals surface area contributed by atoms with E-state index in [0.29, 0.717) is 43.4 Å². The lowest BCUT2D eigenvalue weighted by atomic mass is 9.90. The second kappa shape index (κ2) is 10.3. The van der Waals surface area contributed by atoms with E-state index in [-0.39, 0.29) is 29.5 Å². The SMILES string of the molecule is COc1ccc(CN(CC2CCCO2)S(=O)(=O)c2cccc3cccnc23)cc1OCC1(C)COC1. The topological polar surface area (TPSA) is 87.2 Å². The molecule has 0 aliphatic carbocycles. The summed E-state index contributed by atoms with van der Waals surface area (Å²) in [5, 5.41) is 0.782. The molecule has 0 bridgehead atoms. The highest BCUT2D eigenvalue weighted by Crippen LogP contribution is 2.34. The molecule has 2 fully saturated rings. The molecular weight excluding hydrogens is 480 g/mol. The molecule has 1 atom stereocenters. The first-order valence-corrected chi connectivity index (χ1v) is 13.6.